The number of piperazine rings is 1. The fourth-order valence-corrected chi connectivity index (χ4v) is 3.32. The molecule has 0 saturated carbocycles. The van der Waals surface area contributed by atoms with E-state index in [4.69, 9.17) is 0 Å². The maximum Gasteiger partial charge on any atom is 0.219 e. The van der Waals surface area contributed by atoms with Crippen LogP contribution in [0.1, 0.15) is 52.9 Å². The molecule has 1 aromatic rings. The van der Waals surface area contributed by atoms with Gasteiger partial charge in [0.05, 0.1) is 11.7 Å². The second kappa shape index (κ2) is 6.66. The molecule has 0 unspecified atom stereocenters. The first kappa shape index (κ1) is 17.4. The lowest BCUT2D eigenvalue weighted by Gasteiger charge is -2.37. The third-order valence-corrected chi connectivity index (χ3v) is 4.72. The quantitative estimate of drug-likeness (QED) is 0.855. The minimum atomic E-state index is -0.277. The number of amides is 1. The second-order valence-corrected chi connectivity index (χ2v) is 6.26. The van der Waals surface area contributed by atoms with Gasteiger partial charge < -0.3 is 9.88 Å². The van der Waals surface area contributed by atoms with Gasteiger partial charge in [-0.2, -0.15) is 0 Å². The Labute approximate surface area is 136 Å². The van der Waals surface area contributed by atoms with E-state index in [1.165, 1.54) is 6.92 Å². The number of aromatic nitrogens is 1. The maximum atomic E-state index is 12.8. The summed E-state index contributed by atoms with van der Waals surface area (Å²) < 4.78 is 0. The van der Waals surface area contributed by atoms with Gasteiger partial charge >= 0.3 is 0 Å². The summed E-state index contributed by atoms with van der Waals surface area (Å²) in [4.78, 5) is 42.9. The van der Waals surface area contributed by atoms with Crippen LogP contribution < -0.4 is 0 Å². The highest BCUT2D eigenvalue weighted by molar-refractivity contribution is 6.05. The van der Waals surface area contributed by atoms with Crippen LogP contribution in [-0.2, 0) is 4.79 Å². The number of rotatable bonds is 4. The molecule has 0 aliphatic carbocycles. The minimum absolute atomic E-state index is 0.00521. The van der Waals surface area contributed by atoms with Crippen LogP contribution in [0.25, 0.3) is 0 Å². The van der Waals surface area contributed by atoms with Crippen LogP contribution in [0.5, 0.6) is 0 Å². The lowest BCUT2D eigenvalue weighted by atomic mass is 10.0. The number of hydrogen-bond donors (Lipinski definition) is 1. The van der Waals surface area contributed by atoms with E-state index < -0.39 is 0 Å². The van der Waals surface area contributed by atoms with E-state index in [9.17, 15) is 14.4 Å². The van der Waals surface area contributed by atoms with Crippen LogP contribution in [0.3, 0.4) is 0 Å². The Morgan fingerprint density at radius 3 is 2.04 bits per heavy atom. The summed E-state index contributed by atoms with van der Waals surface area (Å²) in [6.07, 6.45) is 0. The molecule has 0 radical (unpaired) electrons. The first-order chi connectivity index (χ1) is 10.7. The van der Waals surface area contributed by atoms with Gasteiger partial charge in [0.15, 0.2) is 11.6 Å². The molecule has 1 N–H and O–H groups in total. The second-order valence-electron chi connectivity index (χ2n) is 6.26. The number of aromatic amines is 1. The van der Waals surface area contributed by atoms with E-state index in [-0.39, 0.29) is 23.5 Å². The molecule has 0 aromatic carbocycles. The zero-order valence-corrected chi connectivity index (χ0v) is 14.5. The van der Waals surface area contributed by atoms with Crippen molar-refractivity contribution in [2.24, 2.45) is 0 Å². The van der Waals surface area contributed by atoms with Crippen LogP contribution in [-0.4, -0.2) is 64.5 Å². The zero-order chi connectivity index (χ0) is 17.3. The number of hydrogen-bond acceptors (Lipinski definition) is 4. The summed E-state index contributed by atoms with van der Waals surface area (Å²) >= 11 is 0. The number of nitrogens with zero attached hydrogens (tertiary/aromatic N) is 2. The maximum absolute atomic E-state index is 12.8. The summed E-state index contributed by atoms with van der Waals surface area (Å²) in [5, 5.41) is 0. The van der Waals surface area contributed by atoms with Gasteiger partial charge in [-0.3, -0.25) is 19.3 Å². The van der Waals surface area contributed by atoms with Crippen molar-refractivity contribution in [1.82, 2.24) is 14.8 Å². The molecule has 6 nitrogen and oxygen atoms in total. The predicted molar refractivity (Wildman–Crippen MR) is 87.9 cm³/mol. The van der Waals surface area contributed by atoms with Gasteiger partial charge in [0, 0.05) is 44.4 Å². The van der Waals surface area contributed by atoms with Crippen molar-refractivity contribution in [3.05, 3.63) is 22.5 Å². The molecule has 1 saturated heterocycles. The Morgan fingerprint density at radius 2 is 1.61 bits per heavy atom. The molecule has 126 valence electrons. The Bertz CT molecular complexity index is 640. The number of carbonyl (C=O) groups is 3. The Kier molecular flexibility index (Phi) is 5.04. The van der Waals surface area contributed by atoms with Gasteiger partial charge in [-0.05, 0) is 33.3 Å². The fraction of sp³-hybridized carbons (Fsp3) is 0.588. The van der Waals surface area contributed by atoms with Crippen molar-refractivity contribution in [1.29, 1.82) is 0 Å². The highest BCUT2D eigenvalue weighted by atomic mass is 16.2. The lowest BCUT2D eigenvalue weighted by molar-refractivity contribution is -0.130. The standard InChI is InChI=1S/C17H25N3O3/c1-10-15(13(4)21)11(2)18-16(10)17(23)12(3)19-6-8-20(9-7-19)14(5)22/h12,18H,6-9H2,1-5H3/t12-/m0/s1. The highest BCUT2D eigenvalue weighted by Crippen LogP contribution is 2.21. The Balaban J connectivity index is 2.14. The van der Waals surface area contributed by atoms with Crippen molar-refractivity contribution in [2.75, 3.05) is 26.2 Å². The molecule has 1 aliphatic rings. The molecular weight excluding hydrogens is 294 g/mol. The van der Waals surface area contributed by atoms with Crippen LogP contribution in [0.2, 0.25) is 0 Å². The number of Topliss-reactive ketones (excluding diaryl/α,β-unsaturated/α-hetero) is 2. The van der Waals surface area contributed by atoms with Gasteiger partial charge in [0.2, 0.25) is 5.91 Å². The van der Waals surface area contributed by atoms with Gasteiger partial charge in [-0.1, -0.05) is 0 Å². The van der Waals surface area contributed by atoms with E-state index in [0.717, 1.165) is 11.3 Å². The van der Waals surface area contributed by atoms with Crippen LogP contribution >= 0.6 is 0 Å². The number of ketones is 2. The van der Waals surface area contributed by atoms with Gasteiger partial charge in [0.25, 0.3) is 0 Å². The Morgan fingerprint density at radius 1 is 1.04 bits per heavy atom. The summed E-state index contributed by atoms with van der Waals surface area (Å²) in [6, 6.07) is -0.277. The average Bonchev–Trinajstić information content (AvgIpc) is 2.80. The average molecular weight is 319 g/mol. The molecular formula is C17H25N3O3. The normalized spacial score (nSPS) is 17.2. The predicted octanol–water partition coefficient (Wildman–Crippen LogP) is 1.57. The molecule has 2 rings (SSSR count). The highest BCUT2D eigenvalue weighted by Gasteiger charge is 2.29. The summed E-state index contributed by atoms with van der Waals surface area (Å²) in [5.74, 6) is 0.0398. The first-order valence-electron chi connectivity index (χ1n) is 7.98. The van der Waals surface area contributed by atoms with Gasteiger partial charge in [0.1, 0.15) is 0 Å². The summed E-state index contributed by atoms with van der Waals surface area (Å²) in [5.41, 5.74) is 2.61. The minimum Gasteiger partial charge on any atom is -0.355 e. The number of nitrogens with one attached hydrogen (secondary N) is 1. The molecule has 0 spiro atoms. The van der Waals surface area contributed by atoms with E-state index in [1.54, 1.807) is 11.8 Å². The molecule has 6 heteroatoms. The van der Waals surface area contributed by atoms with Crippen LogP contribution in [0, 0.1) is 13.8 Å². The molecule has 1 atom stereocenters. The zero-order valence-electron chi connectivity index (χ0n) is 14.5. The van der Waals surface area contributed by atoms with Crippen molar-refractivity contribution < 1.29 is 14.4 Å². The first-order valence-corrected chi connectivity index (χ1v) is 7.98. The van der Waals surface area contributed by atoms with E-state index in [0.29, 0.717) is 37.4 Å². The summed E-state index contributed by atoms with van der Waals surface area (Å²) in [6.45, 7) is 11.3. The van der Waals surface area contributed by atoms with E-state index in [2.05, 4.69) is 9.88 Å². The van der Waals surface area contributed by atoms with Crippen molar-refractivity contribution in [3.8, 4) is 0 Å². The number of carbonyl (C=O) groups excluding carboxylic acids is 3. The largest absolute Gasteiger partial charge is 0.355 e. The molecule has 0 bridgehead atoms. The topological polar surface area (TPSA) is 73.5 Å². The smallest absolute Gasteiger partial charge is 0.219 e. The monoisotopic (exact) mass is 319 g/mol. The van der Waals surface area contributed by atoms with Crippen molar-refractivity contribution >= 4 is 17.5 Å². The van der Waals surface area contributed by atoms with Crippen molar-refractivity contribution in [2.45, 2.75) is 40.7 Å². The number of aryl methyl sites for hydroxylation is 1. The van der Waals surface area contributed by atoms with Crippen LogP contribution in [0.4, 0.5) is 0 Å². The lowest BCUT2D eigenvalue weighted by Crippen LogP contribution is -2.52. The SMILES string of the molecule is CC(=O)c1c(C)[nH]c(C(=O)[C@H](C)N2CCN(C(C)=O)CC2)c1C. The molecule has 2 heterocycles. The third-order valence-electron chi connectivity index (χ3n) is 4.72. The van der Waals surface area contributed by atoms with Crippen LogP contribution in [0.15, 0.2) is 0 Å². The van der Waals surface area contributed by atoms with Gasteiger partial charge in [-0.25, -0.2) is 0 Å². The molecule has 1 aromatic heterocycles. The van der Waals surface area contributed by atoms with Gasteiger partial charge in [-0.15, -0.1) is 0 Å². The van der Waals surface area contributed by atoms with E-state index >= 15 is 0 Å². The third kappa shape index (κ3) is 3.37. The molecule has 1 fully saturated rings. The fourth-order valence-electron chi connectivity index (χ4n) is 3.32. The molecule has 23 heavy (non-hydrogen) atoms. The van der Waals surface area contributed by atoms with Crippen molar-refractivity contribution in [3.63, 3.8) is 0 Å². The van der Waals surface area contributed by atoms with E-state index in [1.807, 2.05) is 20.8 Å². The molecule has 1 aliphatic heterocycles. The molecule has 1 amide bonds. The number of H-pyrrole nitrogens is 1. The summed E-state index contributed by atoms with van der Waals surface area (Å²) in [7, 11) is 0. The Hall–Kier alpha value is -1.95.